The number of allylic oxidation sites excluding steroid dienone is 2. The lowest BCUT2D eigenvalue weighted by Gasteiger charge is -2.32. The lowest BCUT2D eigenvalue weighted by Crippen LogP contribution is -3.27. The van der Waals surface area contributed by atoms with Crippen molar-refractivity contribution in [3.05, 3.63) is 60.2 Å². The molecule has 2 aromatic carbocycles. The van der Waals surface area contributed by atoms with Crippen LogP contribution < -0.4 is 9.80 Å². The van der Waals surface area contributed by atoms with Crippen molar-refractivity contribution in [3.63, 3.8) is 0 Å². The van der Waals surface area contributed by atoms with Crippen molar-refractivity contribution in [2.75, 3.05) is 32.7 Å². The summed E-state index contributed by atoms with van der Waals surface area (Å²) in [6.07, 6.45) is 8.78. The van der Waals surface area contributed by atoms with Gasteiger partial charge in [0.15, 0.2) is 0 Å². The molecule has 2 N–H and O–H groups in total. The van der Waals surface area contributed by atoms with Gasteiger partial charge in [0.1, 0.15) is 32.7 Å². The number of hydrogen-bond donors (Lipinski definition) is 2. The lowest BCUT2D eigenvalue weighted by molar-refractivity contribution is -1.02. The third-order valence-electron chi connectivity index (χ3n) is 5.94. The van der Waals surface area contributed by atoms with E-state index in [0.717, 1.165) is 5.92 Å². The first kappa shape index (κ1) is 15.9. The molecule has 0 radical (unpaired) electrons. The summed E-state index contributed by atoms with van der Waals surface area (Å²) in [4.78, 5) is 3.61. The first-order valence-electron chi connectivity index (χ1n) is 9.67. The second-order valence-electron chi connectivity index (χ2n) is 7.67. The quantitative estimate of drug-likeness (QED) is 0.789. The molecular weight excluding hydrogens is 292 g/mol. The van der Waals surface area contributed by atoms with Crippen molar-refractivity contribution >= 4 is 10.8 Å². The van der Waals surface area contributed by atoms with Gasteiger partial charge in [-0.1, -0.05) is 54.6 Å². The molecule has 0 unspecified atom stereocenters. The standard InChI is InChI=1S/C22H28N2/c1-2-7-19(8-3-1)17-23-13-15-24(16-14-23)18-21-11-6-10-20-9-4-5-12-22(20)21/h1-2,4-6,9-12,19H,3,7-8,13-18H2/p+2/t19-/m1/s1. The van der Waals surface area contributed by atoms with Gasteiger partial charge in [0.2, 0.25) is 0 Å². The normalized spacial score (nSPS) is 27.4. The Bertz CT molecular complexity index is 693. The predicted octanol–water partition coefficient (Wildman–Crippen LogP) is 1.48. The van der Waals surface area contributed by atoms with Gasteiger partial charge in [-0.05, 0) is 30.0 Å². The molecule has 1 aliphatic heterocycles. The van der Waals surface area contributed by atoms with E-state index < -0.39 is 0 Å². The van der Waals surface area contributed by atoms with Gasteiger partial charge in [-0.3, -0.25) is 0 Å². The summed E-state index contributed by atoms with van der Waals surface area (Å²) >= 11 is 0. The van der Waals surface area contributed by atoms with Crippen LogP contribution in [0.5, 0.6) is 0 Å². The summed E-state index contributed by atoms with van der Waals surface area (Å²) in [6, 6.07) is 15.6. The van der Waals surface area contributed by atoms with E-state index in [9.17, 15) is 0 Å². The molecule has 126 valence electrons. The maximum absolute atomic E-state index is 2.40. The summed E-state index contributed by atoms with van der Waals surface area (Å²) in [6.45, 7) is 7.91. The first-order chi connectivity index (χ1) is 11.9. The fourth-order valence-corrected chi connectivity index (χ4v) is 4.50. The van der Waals surface area contributed by atoms with Crippen LogP contribution in [0.4, 0.5) is 0 Å². The molecule has 1 atom stereocenters. The maximum Gasteiger partial charge on any atom is 0.127 e. The molecule has 1 heterocycles. The van der Waals surface area contributed by atoms with E-state index in [2.05, 4.69) is 54.6 Å². The van der Waals surface area contributed by atoms with Gasteiger partial charge >= 0.3 is 0 Å². The minimum Gasteiger partial charge on any atom is -0.325 e. The molecule has 4 rings (SSSR count). The Morgan fingerprint density at radius 1 is 0.833 bits per heavy atom. The van der Waals surface area contributed by atoms with Gasteiger partial charge in [-0.25, -0.2) is 0 Å². The lowest BCUT2D eigenvalue weighted by atomic mass is 9.94. The Balaban J connectivity index is 1.33. The molecule has 1 aliphatic carbocycles. The van der Waals surface area contributed by atoms with Crippen LogP contribution in [0.1, 0.15) is 24.8 Å². The molecule has 0 spiro atoms. The van der Waals surface area contributed by atoms with Gasteiger partial charge in [0, 0.05) is 11.5 Å². The highest BCUT2D eigenvalue weighted by molar-refractivity contribution is 5.85. The van der Waals surface area contributed by atoms with Gasteiger partial charge in [-0.15, -0.1) is 0 Å². The van der Waals surface area contributed by atoms with E-state index in [4.69, 9.17) is 0 Å². The van der Waals surface area contributed by atoms with E-state index in [1.165, 1.54) is 74.9 Å². The number of quaternary nitrogens is 2. The summed E-state index contributed by atoms with van der Waals surface area (Å²) in [5.74, 6) is 0.935. The Labute approximate surface area is 145 Å². The number of piperazine rings is 1. The van der Waals surface area contributed by atoms with Crippen molar-refractivity contribution in [1.82, 2.24) is 0 Å². The van der Waals surface area contributed by atoms with Crippen LogP contribution in [-0.2, 0) is 6.54 Å². The molecule has 0 bridgehead atoms. The largest absolute Gasteiger partial charge is 0.325 e. The monoisotopic (exact) mass is 322 g/mol. The zero-order chi connectivity index (χ0) is 16.2. The number of benzene rings is 2. The average molecular weight is 322 g/mol. The maximum atomic E-state index is 2.40. The molecule has 1 fully saturated rings. The third kappa shape index (κ3) is 3.71. The zero-order valence-electron chi connectivity index (χ0n) is 14.6. The fraction of sp³-hybridized carbons (Fsp3) is 0.455. The van der Waals surface area contributed by atoms with E-state index in [0.29, 0.717) is 0 Å². The van der Waals surface area contributed by atoms with Crippen LogP contribution in [0.2, 0.25) is 0 Å². The zero-order valence-corrected chi connectivity index (χ0v) is 14.6. The van der Waals surface area contributed by atoms with Crippen LogP contribution in [0.3, 0.4) is 0 Å². The smallest absolute Gasteiger partial charge is 0.127 e. The SMILES string of the molecule is C1=CC[C@@H](C[NH+]2CC[NH+](Cc3cccc4ccccc34)CC2)CC1. The Morgan fingerprint density at radius 3 is 2.46 bits per heavy atom. The number of hydrogen-bond acceptors (Lipinski definition) is 0. The average Bonchev–Trinajstić information content (AvgIpc) is 2.65. The van der Waals surface area contributed by atoms with Crippen molar-refractivity contribution in [2.24, 2.45) is 5.92 Å². The van der Waals surface area contributed by atoms with Crippen LogP contribution in [0, 0.1) is 5.92 Å². The van der Waals surface area contributed by atoms with Crippen molar-refractivity contribution in [3.8, 4) is 0 Å². The fourth-order valence-electron chi connectivity index (χ4n) is 4.50. The van der Waals surface area contributed by atoms with Crippen LogP contribution in [0.15, 0.2) is 54.6 Å². The predicted molar refractivity (Wildman–Crippen MR) is 100 cm³/mol. The Kier molecular flexibility index (Phi) is 4.96. The minimum atomic E-state index is 0.935. The van der Waals surface area contributed by atoms with E-state index in [1.807, 2.05) is 4.90 Å². The molecule has 2 aliphatic rings. The van der Waals surface area contributed by atoms with Crippen molar-refractivity contribution in [1.29, 1.82) is 0 Å². The Morgan fingerprint density at radius 2 is 1.62 bits per heavy atom. The second-order valence-corrected chi connectivity index (χ2v) is 7.67. The summed E-state index contributed by atoms with van der Waals surface area (Å²) < 4.78 is 0. The summed E-state index contributed by atoms with van der Waals surface area (Å²) in [5.41, 5.74) is 1.52. The minimum absolute atomic E-state index is 0.935. The second kappa shape index (κ2) is 7.50. The molecule has 2 heteroatoms. The molecule has 0 saturated carbocycles. The molecule has 1 saturated heterocycles. The van der Waals surface area contributed by atoms with Crippen LogP contribution in [0.25, 0.3) is 10.8 Å². The number of rotatable bonds is 4. The van der Waals surface area contributed by atoms with Crippen LogP contribution in [-0.4, -0.2) is 32.7 Å². The van der Waals surface area contributed by atoms with Gasteiger partial charge < -0.3 is 9.80 Å². The third-order valence-corrected chi connectivity index (χ3v) is 5.94. The number of nitrogens with one attached hydrogen (secondary N) is 2. The first-order valence-corrected chi connectivity index (χ1v) is 9.67. The van der Waals surface area contributed by atoms with Gasteiger partial charge in [0.05, 0.1) is 6.54 Å². The molecule has 2 aromatic rings. The Hall–Kier alpha value is -1.64. The molecule has 0 aromatic heterocycles. The van der Waals surface area contributed by atoms with Gasteiger partial charge in [0.25, 0.3) is 0 Å². The van der Waals surface area contributed by atoms with E-state index in [-0.39, 0.29) is 0 Å². The summed E-state index contributed by atoms with van der Waals surface area (Å²) in [7, 11) is 0. The van der Waals surface area contributed by atoms with Crippen molar-refractivity contribution < 1.29 is 9.80 Å². The highest BCUT2D eigenvalue weighted by Gasteiger charge is 2.25. The van der Waals surface area contributed by atoms with Crippen LogP contribution >= 0.6 is 0 Å². The highest BCUT2D eigenvalue weighted by Crippen LogP contribution is 2.18. The van der Waals surface area contributed by atoms with Crippen molar-refractivity contribution in [2.45, 2.75) is 25.8 Å². The molecule has 24 heavy (non-hydrogen) atoms. The summed E-state index contributed by atoms with van der Waals surface area (Å²) in [5, 5.41) is 2.82. The van der Waals surface area contributed by atoms with E-state index >= 15 is 0 Å². The molecular formula is C22H30N2+2. The molecule has 2 nitrogen and oxygen atoms in total. The topological polar surface area (TPSA) is 8.88 Å². The number of fused-ring (bicyclic) bond motifs is 1. The van der Waals surface area contributed by atoms with Gasteiger partial charge in [-0.2, -0.15) is 0 Å². The van der Waals surface area contributed by atoms with E-state index in [1.54, 1.807) is 4.90 Å². The highest BCUT2D eigenvalue weighted by atomic mass is 15.3. The molecule has 0 amide bonds.